The SMILES string of the molecule is O=C(CC1(O)CCCCC1)N1CCC(n2ccnc2)CC1. The fourth-order valence-electron chi connectivity index (χ4n) is 3.68. The Kier molecular flexibility index (Phi) is 4.29. The highest BCUT2D eigenvalue weighted by Crippen LogP contribution is 2.32. The molecule has 0 unspecified atom stereocenters. The van der Waals surface area contributed by atoms with E-state index < -0.39 is 5.60 Å². The van der Waals surface area contributed by atoms with Gasteiger partial charge in [0.05, 0.1) is 18.3 Å². The number of nitrogens with zero attached hydrogens (tertiary/aromatic N) is 3. The molecule has 0 bridgehead atoms. The van der Waals surface area contributed by atoms with Gasteiger partial charge in [0.15, 0.2) is 0 Å². The van der Waals surface area contributed by atoms with Gasteiger partial charge in [0.2, 0.25) is 5.91 Å². The molecule has 5 nitrogen and oxygen atoms in total. The number of rotatable bonds is 3. The molecule has 0 atom stereocenters. The molecule has 3 rings (SSSR count). The molecule has 1 aromatic rings. The maximum atomic E-state index is 12.4. The zero-order chi connectivity index (χ0) is 14.7. The van der Waals surface area contributed by atoms with E-state index in [2.05, 4.69) is 9.55 Å². The number of imidazole rings is 1. The molecule has 0 spiro atoms. The number of amides is 1. The van der Waals surface area contributed by atoms with Gasteiger partial charge in [0.1, 0.15) is 0 Å². The second-order valence-corrected chi connectivity index (χ2v) is 6.58. The van der Waals surface area contributed by atoms with Crippen LogP contribution in [-0.2, 0) is 4.79 Å². The summed E-state index contributed by atoms with van der Waals surface area (Å²) in [6.07, 6.45) is 12.7. The van der Waals surface area contributed by atoms with Crippen LogP contribution in [0.25, 0.3) is 0 Å². The molecule has 1 aliphatic carbocycles. The van der Waals surface area contributed by atoms with Gasteiger partial charge in [-0.3, -0.25) is 4.79 Å². The first kappa shape index (κ1) is 14.6. The Bertz CT molecular complexity index is 458. The average molecular weight is 291 g/mol. The van der Waals surface area contributed by atoms with Crippen molar-refractivity contribution >= 4 is 5.91 Å². The van der Waals surface area contributed by atoms with Crippen molar-refractivity contribution < 1.29 is 9.90 Å². The molecule has 1 saturated carbocycles. The molecule has 1 saturated heterocycles. The van der Waals surface area contributed by atoms with E-state index in [1.54, 1.807) is 6.20 Å². The van der Waals surface area contributed by atoms with Crippen molar-refractivity contribution in [2.45, 2.75) is 63.0 Å². The Morgan fingerprint density at radius 1 is 1.24 bits per heavy atom. The highest BCUT2D eigenvalue weighted by Gasteiger charge is 2.34. The van der Waals surface area contributed by atoms with Crippen molar-refractivity contribution in [2.24, 2.45) is 0 Å². The van der Waals surface area contributed by atoms with Crippen LogP contribution in [0.4, 0.5) is 0 Å². The van der Waals surface area contributed by atoms with Gasteiger partial charge in [-0.25, -0.2) is 4.98 Å². The molecule has 5 heteroatoms. The molecule has 0 radical (unpaired) electrons. The van der Waals surface area contributed by atoms with Gasteiger partial charge in [0.25, 0.3) is 0 Å². The summed E-state index contributed by atoms with van der Waals surface area (Å²) in [7, 11) is 0. The summed E-state index contributed by atoms with van der Waals surface area (Å²) in [5.41, 5.74) is -0.740. The van der Waals surface area contributed by atoms with Crippen LogP contribution in [0.1, 0.15) is 57.4 Å². The first-order chi connectivity index (χ1) is 10.2. The van der Waals surface area contributed by atoms with Gasteiger partial charge in [-0.1, -0.05) is 19.3 Å². The molecule has 1 amide bonds. The van der Waals surface area contributed by atoms with Crippen LogP contribution in [0.5, 0.6) is 0 Å². The highest BCUT2D eigenvalue weighted by molar-refractivity contribution is 5.77. The summed E-state index contributed by atoms with van der Waals surface area (Å²) >= 11 is 0. The lowest BCUT2D eigenvalue weighted by Gasteiger charge is -2.36. The van der Waals surface area contributed by atoms with Crippen LogP contribution in [0, 0.1) is 0 Å². The molecule has 2 aliphatic rings. The third-order valence-corrected chi connectivity index (χ3v) is 5.03. The Morgan fingerprint density at radius 2 is 1.95 bits per heavy atom. The van der Waals surface area contributed by atoms with E-state index in [1.165, 1.54) is 6.42 Å². The van der Waals surface area contributed by atoms with Gasteiger partial charge >= 0.3 is 0 Å². The molecule has 1 aliphatic heterocycles. The van der Waals surface area contributed by atoms with Crippen LogP contribution in [0.2, 0.25) is 0 Å². The van der Waals surface area contributed by atoms with Crippen molar-refractivity contribution in [1.29, 1.82) is 0 Å². The van der Waals surface area contributed by atoms with E-state index in [-0.39, 0.29) is 5.91 Å². The lowest BCUT2D eigenvalue weighted by Crippen LogP contribution is -2.44. The smallest absolute Gasteiger partial charge is 0.225 e. The normalized spacial score (nSPS) is 23.2. The lowest BCUT2D eigenvalue weighted by molar-refractivity contribution is -0.139. The van der Waals surface area contributed by atoms with Crippen LogP contribution in [-0.4, -0.2) is 44.2 Å². The van der Waals surface area contributed by atoms with Gasteiger partial charge in [0, 0.05) is 31.5 Å². The third kappa shape index (κ3) is 3.46. The van der Waals surface area contributed by atoms with Crippen LogP contribution in [0.3, 0.4) is 0 Å². The number of likely N-dealkylation sites (tertiary alicyclic amines) is 1. The average Bonchev–Trinajstić information content (AvgIpc) is 3.02. The molecule has 116 valence electrons. The standard InChI is InChI=1S/C16H25N3O2/c20-15(12-16(21)6-2-1-3-7-16)18-9-4-14(5-10-18)19-11-8-17-13-19/h8,11,13-14,21H,1-7,9-10,12H2. The number of carbonyl (C=O) groups excluding carboxylic acids is 1. The Hall–Kier alpha value is -1.36. The molecular weight excluding hydrogens is 266 g/mol. The van der Waals surface area contributed by atoms with Crippen molar-refractivity contribution in [1.82, 2.24) is 14.5 Å². The molecule has 1 aromatic heterocycles. The predicted octanol–water partition coefficient (Wildman–Crippen LogP) is 2.13. The summed E-state index contributed by atoms with van der Waals surface area (Å²) in [6.45, 7) is 1.58. The minimum Gasteiger partial charge on any atom is -0.389 e. The van der Waals surface area contributed by atoms with Crippen LogP contribution < -0.4 is 0 Å². The fourth-order valence-corrected chi connectivity index (χ4v) is 3.68. The van der Waals surface area contributed by atoms with E-state index in [1.807, 2.05) is 17.4 Å². The Balaban J connectivity index is 1.50. The number of carbonyl (C=O) groups is 1. The van der Waals surface area contributed by atoms with E-state index >= 15 is 0 Å². The van der Waals surface area contributed by atoms with Crippen molar-refractivity contribution in [3.05, 3.63) is 18.7 Å². The molecule has 1 N–H and O–H groups in total. The lowest BCUT2D eigenvalue weighted by atomic mass is 9.82. The molecule has 0 aromatic carbocycles. The Morgan fingerprint density at radius 3 is 2.57 bits per heavy atom. The monoisotopic (exact) mass is 291 g/mol. The Labute approximate surface area is 126 Å². The van der Waals surface area contributed by atoms with Gasteiger partial charge < -0.3 is 14.6 Å². The summed E-state index contributed by atoms with van der Waals surface area (Å²) in [4.78, 5) is 18.4. The maximum absolute atomic E-state index is 12.4. The summed E-state index contributed by atoms with van der Waals surface area (Å²) in [6, 6.07) is 0.453. The van der Waals surface area contributed by atoms with E-state index in [0.29, 0.717) is 12.5 Å². The number of piperidine rings is 1. The summed E-state index contributed by atoms with van der Waals surface area (Å²) < 4.78 is 2.14. The molecule has 21 heavy (non-hydrogen) atoms. The van der Waals surface area contributed by atoms with Crippen LogP contribution in [0.15, 0.2) is 18.7 Å². The van der Waals surface area contributed by atoms with Gasteiger partial charge in [-0.15, -0.1) is 0 Å². The van der Waals surface area contributed by atoms with E-state index in [0.717, 1.165) is 51.6 Å². The van der Waals surface area contributed by atoms with E-state index in [4.69, 9.17) is 0 Å². The summed E-state index contributed by atoms with van der Waals surface area (Å²) in [5, 5.41) is 10.5. The van der Waals surface area contributed by atoms with Crippen molar-refractivity contribution in [3.8, 4) is 0 Å². The van der Waals surface area contributed by atoms with Crippen molar-refractivity contribution in [3.63, 3.8) is 0 Å². The maximum Gasteiger partial charge on any atom is 0.225 e. The minimum atomic E-state index is -0.740. The second kappa shape index (κ2) is 6.18. The first-order valence-corrected chi connectivity index (χ1v) is 8.14. The van der Waals surface area contributed by atoms with Gasteiger partial charge in [-0.2, -0.15) is 0 Å². The minimum absolute atomic E-state index is 0.128. The fraction of sp³-hybridized carbons (Fsp3) is 0.750. The number of aliphatic hydroxyl groups is 1. The zero-order valence-corrected chi connectivity index (χ0v) is 12.6. The third-order valence-electron chi connectivity index (χ3n) is 5.03. The summed E-state index contributed by atoms with van der Waals surface area (Å²) in [5.74, 6) is 0.128. The highest BCUT2D eigenvalue weighted by atomic mass is 16.3. The predicted molar refractivity (Wildman–Crippen MR) is 79.7 cm³/mol. The molecule has 2 heterocycles. The number of hydrogen-bond donors (Lipinski definition) is 1. The van der Waals surface area contributed by atoms with Crippen molar-refractivity contribution in [2.75, 3.05) is 13.1 Å². The zero-order valence-electron chi connectivity index (χ0n) is 12.6. The molecular formula is C16H25N3O2. The molecule has 2 fully saturated rings. The first-order valence-electron chi connectivity index (χ1n) is 8.14. The second-order valence-electron chi connectivity index (χ2n) is 6.58. The topological polar surface area (TPSA) is 58.4 Å². The quantitative estimate of drug-likeness (QED) is 0.928. The number of hydrogen-bond acceptors (Lipinski definition) is 3. The van der Waals surface area contributed by atoms with Gasteiger partial charge in [-0.05, 0) is 25.7 Å². The van der Waals surface area contributed by atoms with E-state index in [9.17, 15) is 9.90 Å². The number of aromatic nitrogens is 2. The van der Waals surface area contributed by atoms with Crippen LogP contribution >= 0.6 is 0 Å². The largest absolute Gasteiger partial charge is 0.389 e.